The fourth-order valence-corrected chi connectivity index (χ4v) is 4.68. The highest BCUT2D eigenvalue weighted by Gasteiger charge is 2.45. The minimum Gasteiger partial charge on any atom is -0.872 e. The number of Topliss-reactive ketones (excluding diaryl/α,β-unsaturated/α-hetero) is 1. The number of carbonyl (C=O) groups is 2. The molecule has 0 bridgehead atoms. The number of rotatable bonds is 10. The van der Waals surface area contributed by atoms with Crippen molar-refractivity contribution in [3.8, 4) is 17.2 Å². The summed E-state index contributed by atoms with van der Waals surface area (Å²) in [7, 11) is 3.04. The zero-order valence-electron chi connectivity index (χ0n) is 21.2. The molecular weight excluding hydrogens is 476 g/mol. The molecule has 2 fully saturated rings. The quantitative estimate of drug-likeness (QED) is 0.215. The monoisotopic (exact) mass is 508 g/mol. The topological polar surface area (TPSA) is 102 Å². The van der Waals surface area contributed by atoms with E-state index in [0.29, 0.717) is 55.7 Å². The maximum absolute atomic E-state index is 13.7. The van der Waals surface area contributed by atoms with Crippen molar-refractivity contribution in [2.75, 3.05) is 60.2 Å². The summed E-state index contributed by atoms with van der Waals surface area (Å²) in [5.74, 6) is -0.464. The Bertz CT molecular complexity index is 1170. The summed E-state index contributed by atoms with van der Waals surface area (Å²) in [6.45, 7) is 7.82. The molecule has 0 aromatic heterocycles. The first-order chi connectivity index (χ1) is 18.0. The second kappa shape index (κ2) is 11.9. The van der Waals surface area contributed by atoms with Crippen LogP contribution in [-0.2, 0) is 14.3 Å². The lowest BCUT2D eigenvalue weighted by Gasteiger charge is -2.30. The molecule has 1 unspecified atom stereocenters. The predicted octanol–water partition coefficient (Wildman–Crippen LogP) is 0.408. The van der Waals surface area contributed by atoms with Crippen molar-refractivity contribution >= 4 is 17.4 Å². The molecule has 2 saturated heterocycles. The van der Waals surface area contributed by atoms with Gasteiger partial charge in [-0.2, -0.15) is 0 Å². The summed E-state index contributed by atoms with van der Waals surface area (Å²) in [6, 6.07) is 10.7. The van der Waals surface area contributed by atoms with Gasteiger partial charge < -0.3 is 33.9 Å². The number of amides is 1. The highest BCUT2D eigenvalue weighted by Crippen LogP contribution is 2.43. The number of nitrogens with zero attached hydrogens (tertiary/aromatic N) is 1. The predicted molar refractivity (Wildman–Crippen MR) is 134 cm³/mol. The van der Waals surface area contributed by atoms with Gasteiger partial charge in [0.2, 0.25) is 5.78 Å². The molecule has 196 valence electrons. The first kappa shape index (κ1) is 26.2. The van der Waals surface area contributed by atoms with Gasteiger partial charge in [-0.15, -0.1) is 0 Å². The van der Waals surface area contributed by atoms with Gasteiger partial charge in [0.25, 0.3) is 5.91 Å². The Morgan fingerprint density at radius 2 is 1.81 bits per heavy atom. The highest BCUT2D eigenvalue weighted by atomic mass is 16.5. The van der Waals surface area contributed by atoms with Crippen molar-refractivity contribution in [3.05, 3.63) is 71.8 Å². The van der Waals surface area contributed by atoms with Crippen LogP contribution in [0, 0.1) is 0 Å². The van der Waals surface area contributed by atoms with Crippen molar-refractivity contribution in [1.82, 2.24) is 4.90 Å². The Kier molecular flexibility index (Phi) is 8.47. The summed E-state index contributed by atoms with van der Waals surface area (Å²) in [5, 5.41) is 13.7. The summed E-state index contributed by atoms with van der Waals surface area (Å²) in [6.07, 6.45) is 1.62. The van der Waals surface area contributed by atoms with Crippen LogP contribution >= 0.6 is 0 Å². The number of methoxy groups -OCH3 is 2. The summed E-state index contributed by atoms with van der Waals surface area (Å²) >= 11 is 0. The molecular formula is C28H32N2O7. The third-order valence-electron chi connectivity index (χ3n) is 6.65. The molecule has 2 aliphatic heterocycles. The molecule has 0 aliphatic carbocycles. The normalized spacial score (nSPS) is 19.6. The molecule has 1 atom stereocenters. The van der Waals surface area contributed by atoms with Gasteiger partial charge in [-0.1, -0.05) is 30.5 Å². The second-order valence-electron chi connectivity index (χ2n) is 8.82. The number of likely N-dealkylation sites (tertiary alicyclic amines) is 1. The molecule has 2 aliphatic rings. The number of quaternary nitrogens is 1. The molecule has 2 heterocycles. The smallest absolute Gasteiger partial charge is 0.295 e. The number of morpholine rings is 1. The van der Waals surface area contributed by atoms with Gasteiger partial charge in [-0.3, -0.25) is 9.59 Å². The van der Waals surface area contributed by atoms with Crippen LogP contribution in [0.25, 0.3) is 5.76 Å². The minimum atomic E-state index is -0.908. The molecule has 9 heteroatoms. The van der Waals surface area contributed by atoms with Crippen LogP contribution in [0.3, 0.4) is 0 Å². The standard InChI is InChI=1S/C28H32N2O7/c1-4-15-37-20-7-5-19(6-8-20)26(31)24-25(22-18-21(34-2)9-10-23(22)35-3)30(28(33)27(24)32)12-11-29-13-16-36-17-14-29/h4-10,18,25,31H,1,11-17H2,2-3H3. The maximum Gasteiger partial charge on any atom is 0.295 e. The average Bonchev–Trinajstić information content (AvgIpc) is 3.19. The number of hydrogen-bond donors (Lipinski definition) is 1. The molecule has 0 spiro atoms. The molecule has 1 N–H and O–H groups in total. The minimum absolute atomic E-state index is 0.103. The summed E-state index contributed by atoms with van der Waals surface area (Å²) in [5.41, 5.74) is 0.704. The number of benzene rings is 2. The van der Waals surface area contributed by atoms with Gasteiger partial charge in [0.1, 0.15) is 36.9 Å². The van der Waals surface area contributed by atoms with Crippen LogP contribution < -0.4 is 24.2 Å². The van der Waals surface area contributed by atoms with Crippen molar-refractivity contribution in [3.63, 3.8) is 0 Å². The van der Waals surface area contributed by atoms with Crippen LogP contribution in [-0.4, -0.2) is 76.8 Å². The van der Waals surface area contributed by atoms with Crippen molar-refractivity contribution in [2.24, 2.45) is 0 Å². The van der Waals surface area contributed by atoms with Gasteiger partial charge in [-0.25, -0.2) is 0 Å². The van der Waals surface area contributed by atoms with Gasteiger partial charge in [0.15, 0.2) is 0 Å². The third kappa shape index (κ3) is 5.63. The van der Waals surface area contributed by atoms with Crippen LogP contribution in [0.5, 0.6) is 17.2 Å². The molecule has 2 aromatic rings. The zero-order chi connectivity index (χ0) is 26.4. The lowest BCUT2D eigenvalue weighted by Crippen LogP contribution is -3.14. The molecule has 2 aromatic carbocycles. The van der Waals surface area contributed by atoms with Crippen LogP contribution in [0.4, 0.5) is 0 Å². The van der Waals surface area contributed by atoms with E-state index in [-0.39, 0.29) is 11.1 Å². The molecule has 37 heavy (non-hydrogen) atoms. The first-order valence-electron chi connectivity index (χ1n) is 12.2. The number of nitrogens with one attached hydrogen (secondary N) is 1. The Morgan fingerprint density at radius 1 is 1.11 bits per heavy atom. The molecule has 9 nitrogen and oxygen atoms in total. The Morgan fingerprint density at radius 3 is 2.46 bits per heavy atom. The molecule has 1 amide bonds. The van der Waals surface area contributed by atoms with Crippen molar-refractivity contribution in [1.29, 1.82) is 0 Å². The van der Waals surface area contributed by atoms with Gasteiger partial charge >= 0.3 is 0 Å². The highest BCUT2D eigenvalue weighted by molar-refractivity contribution is 6.46. The molecule has 0 radical (unpaired) electrons. The van der Waals surface area contributed by atoms with E-state index in [9.17, 15) is 14.7 Å². The SMILES string of the molecule is C=CCOc1ccc(C([O-])=C2C(=O)C(=O)N(CC[NH+]3CCOCC3)C2c2cc(OC)ccc2OC)cc1. The number of ether oxygens (including phenoxy) is 4. The average molecular weight is 509 g/mol. The van der Waals surface area contributed by atoms with Crippen LogP contribution in [0.15, 0.2) is 60.7 Å². The molecule has 0 saturated carbocycles. The van der Waals surface area contributed by atoms with E-state index >= 15 is 0 Å². The van der Waals surface area contributed by atoms with E-state index in [1.165, 1.54) is 24.0 Å². The largest absolute Gasteiger partial charge is 0.872 e. The van der Waals surface area contributed by atoms with E-state index in [0.717, 1.165) is 13.1 Å². The fraction of sp³-hybridized carbons (Fsp3) is 0.357. The molecule has 4 rings (SSSR count). The lowest BCUT2D eigenvalue weighted by atomic mass is 9.94. The fourth-order valence-electron chi connectivity index (χ4n) is 4.68. The van der Waals surface area contributed by atoms with E-state index in [4.69, 9.17) is 18.9 Å². The van der Waals surface area contributed by atoms with E-state index in [1.807, 2.05) is 0 Å². The Labute approximate surface area is 216 Å². The Hall–Kier alpha value is -3.82. The van der Waals surface area contributed by atoms with Gasteiger partial charge in [0, 0.05) is 11.1 Å². The van der Waals surface area contributed by atoms with E-state index in [2.05, 4.69) is 6.58 Å². The number of carbonyl (C=O) groups excluding carboxylic acids is 2. The van der Waals surface area contributed by atoms with E-state index in [1.54, 1.807) is 48.5 Å². The number of hydrogen-bond acceptors (Lipinski definition) is 7. The summed E-state index contributed by atoms with van der Waals surface area (Å²) in [4.78, 5) is 29.4. The van der Waals surface area contributed by atoms with Crippen LogP contribution in [0.2, 0.25) is 0 Å². The first-order valence-corrected chi connectivity index (χ1v) is 12.2. The van der Waals surface area contributed by atoms with E-state index < -0.39 is 23.5 Å². The van der Waals surface area contributed by atoms with Crippen molar-refractivity contribution in [2.45, 2.75) is 6.04 Å². The van der Waals surface area contributed by atoms with Crippen LogP contribution in [0.1, 0.15) is 17.2 Å². The third-order valence-corrected chi connectivity index (χ3v) is 6.65. The second-order valence-corrected chi connectivity index (χ2v) is 8.82. The lowest BCUT2D eigenvalue weighted by molar-refractivity contribution is -0.907. The Balaban J connectivity index is 1.77. The maximum atomic E-state index is 13.7. The summed E-state index contributed by atoms with van der Waals surface area (Å²) < 4.78 is 21.9. The van der Waals surface area contributed by atoms with Crippen molar-refractivity contribution < 1.29 is 38.5 Å². The van der Waals surface area contributed by atoms with Gasteiger partial charge in [0.05, 0.1) is 46.6 Å². The number of ketones is 1. The zero-order valence-corrected chi connectivity index (χ0v) is 21.2. The van der Waals surface area contributed by atoms with Gasteiger partial charge in [-0.05, 0) is 35.9 Å².